The van der Waals surface area contributed by atoms with Gasteiger partial charge in [0.05, 0.1) is 17.5 Å². The standard InChI is InChI=1S/C19H18F3NO3/c1-2-11-23(14-8-4-3-5-9-14)16(24)12-13-7-6-10-15(19(20,21)22)17(13)18(25)26/h3-10H,2,11-12H2,1H3,(H,25,26). The summed E-state index contributed by atoms with van der Waals surface area (Å²) in [6, 6.07) is 11.8. The van der Waals surface area contributed by atoms with Gasteiger partial charge in [0, 0.05) is 12.2 Å². The highest BCUT2D eigenvalue weighted by Gasteiger charge is 2.36. The minimum Gasteiger partial charge on any atom is -0.478 e. The molecule has 0 radical (unpaired) electrons. The number of halogens is 3. The third-order valence-corrected chi connectivity index (χ3v) is 3.83. The maximum atomic E-state index is 13.1. The maximum Gasteiger partial charge on any atom is 0.417 e. The number of para-hydroxylation sites is 1. The van der Waals surface area contributed by atoms with Gasteiger partial charge in [0.2, 0.25) is 5.91 Å². The molecule has 0 saturated carbocycles. The second kappa shape index (κ2) is 8.03. The first kappa shape index (κ1) is 19.5. The monoisotopic (exact) mass is 365 g/mol. The summed E-state index contributed by atoms with van der Waals surface area (Å²) in [5.41, 5.74) is -1.67. The fraction of sp³-hybridized carbons (Fsp3) is 0.263. The van der Waals surface area contributed by atoms with Crippen LogP contribution in [0.3, 0.4) is 0 Å². The molecule has 0 spiro atoms. The average molecular weight is 365 g/mol. The van der Waals surface area contributed by atoms with Gasteiger partial charge >= 0.3 is 12.1 Å². The zero-order chi connectivity index (χ0) is 19.3. The molecule has 0 bridgehead atoms. The smallest absolute Gasteiger partial charge is 0.417 e. The van der Waals surface area contributed by atoms with Crippen molar-refractivity contribution in [3.63, 3.8) is 0 Å². The van der Waals surface area contributed by atoms with Crippen LogP contribution in [0.4, 0.5) is 18.9 Å². The molecule has 0 aliphatic heterocycles. The quantitative estimate of drug-likeness (QED) is 0.826. The first-order chi connectivity index (χ1) is 12.3. The van der Waals surface area contributed by atoms with Gasteiger partial charge in [-0.15, -0.1) is 0 Å². The molecule has 1 N–H and O–H groups in total. The van der Waals surface area contributed by atoms with E-state index in [9.17, 15) is 27.9 Å². The van der Waals surface area contributed by atoms with Gasteiger partial charge in [-0.2, -0.15) is 13.2 Å². The summed E-state index contributed by atoms with van der Waals surface area (Å²) in [6.07, 6.45) is -4.59. The highest BCUT2D eigenvalue weighted by atomic mass is 19.4. The van der Waals surface area contributed by atoms with E-state index in [4.69, 9.17) is 0 Å². The lowest BCUT2D eigenvalue weighted by Gasteiger charge is -2.23. The van der Waals surface area contributed by atoms with Gasteiger partial charge in [0.25, 0.3) is 0 Å². The first-order valence-corrected chi connectivity index (χ1v) is 8.03. The van der Waals surface area contributed by atoms with Crippen LogP contribution < -0.4 is 4.90 Å². The molecule has 1 amide bonds. The van der Waals surface area contributed by atoms with E-state index in [1.165, 1.54) is 11.0 Å². The molecule has 0 saturated heterocycles. The van der Waals surface area contributed by atoms with Gasteiger partial charge in [-0.05, 0) is 30.2 Å². The Kier molecular flexibility index (Phi) is 6.02. The van der Waals surface area contributed by atoms with E-state index in [0.29, 0.717) is 24.7 Å². The SMILES string of the molecule is CCCN(C(=O)Cc1cccc(C(F)(F)F)c1C(=O)O)c1ccccc1. The molecule has 0 aromatic heterocycles. The number of carboxylic acids is 1. The Morgan fingerprint density at radius 2 is 1.69 bits per heavy atom. The summed E-state index contributed by atoms with van der Waals surface area (Å²) in [5, 5.41) is 9.26. The van der Waals surface area contributed by atoms with Crippen LogP contribution >= 0.6 is 0 Å². The molecule has 2 rings (SSSR count). The van der Waals surface area contributed by atoms with E-state index in [1.807, 2.05) is 6.92 Å². The van der Waals surface area contributed by atoms with Gasteiger partial charge in [-0.3, -0.25) is 4.79 Å². The van der Waals surface area contributed by atoms with Gasteiger partial charge in [0.15, 0.2) is 0 Å². The van der Waals surface area contributed by atoms with Crippen molar-refractivity contribution in [2.75, 3.05) is 11.4 Å². The normalized spacial score (nSPS) is 11.2. The molecule has 0 aliphatic rings. The average Bonchev–Trinajstić information content (AvgIpc) is 2.59. The Morgan fingerprint density at radius 3 is 2.23 bits per heavy atom. The Labute approximate surface area is 148 Å². The van der Waals surface area contributed by atoms with E-state index < -0.39 is 35.6 Å². The summed E-state index contributed by atoms with van der Waals surface area (Å²) >= 11 is 0. The molecular formula is C19H18F3NO3. The number of carbonyl (C=O) groups excluding carboxylic acids is 1. The zero-order valence-corrected chi connectivity index (χ0v) is 14.1. The molecular weight excluding hydrogens is 347 g/mol. The van der Waals surface area contributed by atoms with Gasteiger partial charge in [-0.1, -0.05) is 37.3 Å². The van der Waals surface area contributed by atoms with Crippen LogP contribution in [0.2, 0.25) is 0 Å². The predicted molar refractivity (Wildman–Crippen MR) is 91.2 cm³/mol. The number of nitrogens with zero attached hydrogens (tertiary/aromatic N) is 1. The van der Waals surface area contributed by atoms with Crippen molar-refractivity contribution in [1.82, 2.24) is 0 Å². The van der Waals surface area contributed by atoms with Crippen molar-refractivity contribution in [3.05, 3.63) is 65.2 Å². The lowest BCUT2D eigenvalue weighted by atomic mass is 9.97. The van der Waals surface area contributed by atoms with Crippen LogP contribution in [0.1, 0.15) is 34.8 Å². The predicted octanol–water partition coefficient (Wildman–Crippen LogP) is 4.39. The summed E-state index contributed by atoms with van der Waals surface area (Å²) in [4.78, 5) is 25.6. The first-order valence-electron chi connectivity index (χ1n) is 8.03. The second-order valence-corrected chi connectivity index (χ2v) is 5.70. The minimum absolute atomic E-state index is 0.158. The number of aromatic carboxylic acids is 1. The lowest BCUT2D eigenvalue weighted by Crippen LogP contribution is -2.33. The van der Waals surface area contributed by atoms with Crippen molar-refractivity contribution < 1.29 is 27.9 Å². The summed E-state index contributed by atoms with van der Waals surface area (Å²) in [7, 11) is 0. The molecule has 7 heteroatoms. The topological polar surface area (TPSA) is 57.6 Å². The number of benzene rings is 2. The van der Waals surface area contributed by atoms with Crippen LogP contribution in [0.25, 0.3) is 0 Å². The highest BCUT2D eigenvalue weighted by molar-refractivity contribution is 5.98. The summed E-state index contributed by atoms with van der Waals surface area (Å²) in [6.45, 7) is 2.25. The molecule has 0 atom stereocenters. The van der Waals surface area contributed by atoms with Gasteiger partial charge in [0.1, 0.15) is 0 Å². The maximum absolute atomic E-state index is 13.1. The van der Waals surface area contributed by atoms with Gasteiger partial charge < -0.3 is 10.0 Å². The Bertz CT molecular complexity index is 788. The van der Waals surface area contributed by atoms with Crippen molar-refractivity contribution in [3.8, 4) is 0 Å². The number of hydrogen-bond donors (Lipinski definition) is 1. The third-order valence-electron chi connectivity index (χ3n) is 3.83. The highest BCUT2D eigenvalue weighted by Crippen LogP contribution is 2.33. The van der Waals surface area contributed by atoms with Crippen LogP contribution in [0.5, 0.6) is 0 Å². The van der Waals surface area contributed by atoms with E-state index in [-0.39, 0.29) is 5.56 Å². The zero-order valence-electron chi connectivity index (χ0n) is 14.1. The minimum atomic E-state index is -4.81. The molecule has 2 aromatic rings. The van der Waals surface area contributed by atoms with Crippen molar-refractivity contribution in [2.24, 2.45) is 0 Å². The van der Waals surface area contributed by atoms with Gasteiger partial charge in [-0.25, -0.2) is 4.79 Å². The molecule has 0 heterocycles. The Morgan fingerprint density at radius 1 is 1.04 bits per heavy atom. The van der Waals surface area contributed by atoms with Crippen molar-refractivity contribution in [1.29, 1.82) is 0 Å². The number of rotatable bonds is 6. The van der Waals surface area contributed by atoms with E-state index in [2.05, 4.69) is 0 Å². The molecule has 0 fully saturated rings. The molecule has 26 heavy (non-hydrogen) atoms. The van der Waals surface area contributed by atoms with Crippen LogP contribution in [0.15, 0.2) is 48.5 Å². The molecule has 2 aromatic carbocycles. The fourth-order valence-electron chi connectivity index (χ4n) is 2.72. The largest absolute Gasteiger partial charge is 0.478 e. The number of hydrogen-bond acceptors (Lipinski definition) is 2. The van der Waals surface area contributed by atoms with Crippen LogP contribution in [-0.4, -0.2) is 23.5 Å². The van der Waals surface area contributed by atoms with E-state index in [1.54, 1.807) is 30.3 Å². The van der Waals surface area contributed by atoms with Crippen LogP contribution in [-0.2, 0) is 17.4 Å². The molecule has 0 aliphatic carbocycles. The van der Waals surface area contributed by atoms with E-state index in [0.717, 1.165) is 6.07 Å². The number of anilines is 1. The molecule has 4 nitrogen and oxygen atoms in total. The van der Waals surface area contributed by atoms with Crippen LogP contribution in [0, 0.1) is 0 Å². The molecule has 138 valence electrons. The number of amides is 1. The van der Waals surface area contributed by atoms with Crippen molar-refractivity contribution in [2.45, 2.75) is 25.9 Å². The third kappa shape index (κ3) is 4.41. The fourth-order valence-corrected chi connectivity index (χ4v) is 2.72. The molecule has 0 unspecified atom stereocenters. The number of carbonyl (C=O) groups is 2. The number of alkyl halides is 3. The second-order valence-electron chi connectivity index (χ2n) is 5.70. The Balaban J connectivity index is 2.40. The number of carboxylic acid groups (broad SMARTS) is 1. The lowest BCUT2D eigenvalue weighted by molar-refractivity contribution is -0.138. The van der Waals surface area contributed by atoms with Crippen molar-refractivity contribution >= 4 is 17.6 Å². The summed E-state index contributed by atoms with van der Waals surface area (Å²) < 4.78 is 39.3. The Hall–Kier alpha value is -2.83. The van der Waals surface area contributed by atoms with E-state index >= 15 is 0 Å². The summed E-state index contributed by atoms with van der Waals surface area (Å²) in [5.74, 6) is -2.16.